The number of amidine groups is 1. The van der Waals surface area contributed by atoms with Crippen LogP contribution in [0.15, 0.2) is 59.5 Å². The quantitative estimate of drug-likeness (QED) is 0.318. The van der Waals surface area contributed by atoms with Gasteiger partial charge in [0, 0.05) is 36.3 Å². The lowest BCUT2D eigenvalue weighted by Gasteiger charge is -2.37. The highest BCUT2D eigenvalue weighted by atomic mass is 35.5. The van der Waals surface area contributed by atoms with Gasteiger partial charge in [0.2, 0.25) is 20.0 Å². The number of hydrogen-bond acceptors (Lipinski definition) is 6. The van der Waals surface area contributed by atoms with Crippen LogP contribution in [-0.2, 0) is 26.6 Å². The zero-order valence-electron chi connectivity index (χ0n) is 20.5. The van der Waals surface area contributed by atoms with Crippen LogP contribution in [0.5, 0.6) is 5.75 Å². The van der Waals surface area contributed by atoms with Crippen LogP contribution in [0.25, 0.3) is 10.8 Å². The Bertz CT molecular complexity index is 1550. The van der Waals surface area contributed by atoms with Crippen LogP contribution >= 0.6 is 11.6 Å². The van der Waals surface area contributed by atoms with E-state index in [4.69, 9.17) is 27.5 Å². The summed E-state index contributed by atoms with van der Waals surface area (Å²) in [4.78, 5) is -0.0120. The van der Waals surface area contributed by atoms with Crippen molar-refractivity contribution in [2.24, 2.45) is 5.73 Å². The van der Waals surface area contributed by atoms with Gasteiger partial charge >= 0.3 is 0 Å². The maximum Gasteiger partial charge on any atom is 0.246 e. The first-order chi connectivity index (χ1) is 17.4. The number of nitrogens with zero attached hydrogens (tertiary/aromatic N) is 2. The fourth-order valence-electron chi connectivity index (χ4n) is 4.62. The summed E-state index contributed by atoms with van der Waals surface area (Å²) in [5.74, 6) is 0.163. The van der Waals surface area contributed by atoms with Crippen molar-refractivity contribution in [2.75, 3.05) is 26.5 Å². The van der Waals surface area contributed by atoms with Gasteiger partial charge in [-0.15, -0.1) is 0 Å². The van der Waals surface area contributed by atoms with E-state index in [1.807, 2.05) is 24.3 Å². The number of hydrogen-bond donors (Lipinski definition) is 2. The number of benzene rings is 3. The molecule has 3 aromatic rings. The minimum atomic E-state index is -3.88. The Morgan fingerprint density at radius 1 is 1.05 bits per heavy atom. The van der Waals surface area contributed by atoms with Gasteiger partial charge in [0.25, 0.3) is 0 Å². The van der Waals surface area contributed by atoms with Gasteiger partial charge in [0.1, 0.15) is 16.5 Å². The topological polar surface area (TPSA) is 134 Å². The third-order valence-corrected chi connectivity index (χ3v) is 9.99. The number of ether oxygens (including phenoxy) is 1. The molecule has 0 spiro atoms. The van der Waals surface area contributed by atoms with Crippen molar-refractivity contribution < 1.29 is 21.6 Å². The molecule has 0 aromatic heterocycles. The second kappa shape index (κ2) is 10.6. The van der Waals surface area contributed by atoms with E-state index < -0.39 is 20.0 Å². The predicted molar refractivity (Wildman–Crippen MR) is 145 cm³/mol. The number of nitrogen functional groups attached to an aromatic ring is 1. The second-order valence-corrected chi connectivity index (χ2v) is 13.3. The number of halogens is 1. The highest BCUT2D eigenvalue weighted by Gasteiger charge is 2.36. The van der Waals surface area contributed by atoms with Crippen LogP contribution in [0, 0.1) is 5.41 Å². The number of nitrogens with two attached hydrogens (primary N) is 1. The van der Waals surface area contributed by atoms with Crippen molar-refractivity contribution in [3.05, 3.63) is 70.7 Å². The Kier molecular flexibility index (Phi) is 7.82. The molecule has 1 aliphatic heterocycles. The van der Waals surface area contributed by atoms with Gasteiger partial charge in [0.15, 0.2) is 0 Å². The second-order valence-electron chi connectivity index (χ2n) is 9.05. The summed E-state index contributed by atoms with van der Waals surface area (Å²) in [6.07, 6.45) is 1.86. The first-order valence-electron chi connectivity index (χ1n) is 11.6. The van der Waals surface area contributed by atoms with Crippen molar-refractivity contribution in [1.82, 2.24) is 8.61 Å². The lowest BCUT2D eigenvalue weighted by atomic mass is 10.0. The van der Waals surface area contributed by atoms with Crippen molar-refractivity contribution in [2.45, 2.75) is 30.3 Å². The minimum absolute atomic E-state index is 0.0120. The molecule has 37 heavy (non-hydrogen) atoms. The van der Waals surface area contributed by atoms with E-state index in [2.05, 4.69) is 0 Å². The van der Waals surface area contributed by atoms with Crippen LogP contribution in [0.4, 0.5) is 0 Å². The molecule has 0 bridgehead atoms. The molecular weight excluding hydrogens is 536 g/mol. The summed E-state index contributed by atoms with van der Waals surface area (Å²) in [6.45, 7) is 0.474. The molecule has 198 valence electrons. The van der Waals surface area contributed by atoms with Crippen LogP contribution in [-0.4, -0.2) is 63.8 Å². The number of fused-ring (bicyclic) bond motifs is 1. The first kappa shape index (κ1) is 27.3. The molecule has 0 unspecified atom stereocenters. The molecule has 1 aliphatic rings. The largest absolute Gasteiger partial charge is 0.495 e. The number of piperidine rings is 1. The normalized spacial score (nSPS) is 15.8. The summed E-state index contributed by atoms with van der Waals surface area (Å²) in [5, 5.41) is 9.76. The van der Waals surface area contributed by atoms with Gasteiger partial charge in [-0.2, -0.15) is 8.61 Å². The van der Waals surface area contributed by atoms with Crippen LogP contribution in [0.1, 0.15) is 24.0 Å². The van der Waals surface area contributed by atoms with Gasteiger partial charge in [-0.25, -0.2) is 16.8 Å². The molecule has 3 aromatic carbocycles. The molecule has 0 radical (unpaired) electrons. The van der Waals surface area contributed by atoms with Gasteiger partial charge in [-0.05, 0) is 59.5 Å². The molecule has 12 heteroatoms. The van der Waals surface area contributed by atoms with Crippen LogP contribution in [0.2, 0.25) is 5.02 Å². The summed E-state index contributed by atoms with van der Waals surface area (Å²) < 4.78 is 60.2. The molecule has 1 saturated heterocycles. The lowest BCUT2D eigenvalue weighted by Crippen LogP contribution is -2.48. The Morgan fingerprint density at radius 3 is 2.35 bits per heavy atom. The van der Waals surface area contributed by atoms with Crippen molar-refractivity contribution in [3.63, 3.8) is 0 Å². The van der Waals surface area contributed by atoms with Crippen LogP contribution in [0.3, 0.4) is 0 Å². The van der Waals surface area contributed by atoms with Gasteiger partial charge in [0.05, 0.1) is 13.4 Å². The van der Waals surface area contributed by atoms with Crippen molar-refractivity contribution in [3.8, 4) is 5.75 Å². The molecule has 0 amide bonds. The predicted octanol–water partition coefficient (Wildman–Crippen LogP) is 3.40. The molecule has 9 nitrogen and oxygen atoms in total. The lowest BCUT2D eigenvalue weighted by molar-refractivity contribution is 0.213. The smallest absolute Gasteiger partial charge is 0.246 e. The average molecular weight is 565 g/mol. The highest BCUT2D eigenvalue weighted by molar-refractivity contribution is 7.89. The van der Waals surface area contributed by atoms with Gasteiger partial charge in [-0.3, -0.25) is 5.41 Å². The molecular formula is C25H29ClN4O5S2. The monoisotopic (exact) mass is 564 g/mol. The van der Waals surface area contributed by atoms with Crippen molar-refractivity contribution >= 4 is 48.3 Å². The van der Waals surface area contributed by atoms with E-state index in [0.29, 0.717) is 18.4 Å². The zero-order chi connectivity index (χ0) is 27.0. The maximum atomic E-state index is 13.3. The Hall–Kier alpha value is -2.70. The standard InChI is InChI=1S/C25H29ClN4O5S2/c1-35-23-8-7-21(26)15-24(23)37(33,34)29-11-9-22(10-12-29)30(36(2,31)32)16-17-3-4-18-5-6-19(25(27)28)14-20(18)13-17/h3-8,13-15,22H,9-12,16H2,1-2H3,(H3,27,28). The van der Waals surface area contributed by atoms with E-state index in [1.54, 1.807) is 18.2 Å². The summed E-state index contributed by atoms with van der Waals surface area (Å²) in [7, 11) is -6.07. The fourth-order valence-corrected chi connectivity index (χ4v) is 7.64. The minimum Gasteiger partial charge on any atom is -0.495 e. The Balaban J connectivity index is 1.54. The molecule has 4 rings (SSSR count). The third-order valence-electron chi connectivity index (χ3n) is 6.55. The zero-order valence-corrected chi connectivity index (χ0v) is 22.9. The molecule has 1 fully saturated rings. The molecule has 0 atom stereocenters. The maximum absolute atomic E-state index is 13.3. The number of sulfonamides is 2. The number of nitrogens with one attached hydrogen (secondary N) is 1. The first-order valence-corrected chi connectivity index (χ1v) is 15.2. The highest BCUT2D eigenvalue weighted by Crippen LogP contribution is 2.32. The summed E-state index contributed by atoms with van der Waals surface area (Å²) in [6, 6.07) is 15.2. The van der Waals surface area contributed by atoms with E-state index >= 15 is 0 Å². The van der Waals surface area contributed by atoms with E-state index in [1.165, 1.54) is 34.1 Å². The summed E-state index contributed by atoms with van der Waals surface area (Å²) >= 11 is 6.04. The van der Waals surface area contributed by atoms with E-state index in [9.17, 15) is 16.8 Å². The number of methoxy groups -OCH3 is 1. The molecule has 0 saturated carbocycles. The fraction of sp³-hybridized carbons (Fsp3) is 0.320. The van der Waals surface area contributed by atoms with E-state index in [0.717, 1.165) is 16.3 Å². The number of rotatable bonds is 8. The summed E-state index contributed by atoms with van der Waals surface area (Å²) in [5.41, 5.74) is 7.00. The molecule has 1 heterocycles. The average Bonchev–Trinajstić information content (AvgIpc) is 2.86. The molecule has 0 aliphatic carbocycles. The van der Waals surface area contributed by atoms with Crippen LogP contribution < -0.4 is 10.5 Å². The van der Waals surface area contributed by atoms with Gasteiger partial charge in [-0.1, -0.05) is 35.9 Å². The Labute approximate surface area is 222 Å². The SMILES string of the molecule is COc1ccc(Cl)cc1S(=O)(=O)N1CCC(N(Cc2ccc3ccc(C(=N)N)cc3c2)S(C)(=O)=O)CC1. The third kappa shape index (κ3) is 5.91. The molecule has 3 N–H and O–H groups in total. The Morgan fingerprint density at radius 2 is 1.73 bits per heavy atom. The van der Waals surface area contributed by atoms with Gasteiger partial charge < -0.3 is 10.5 Å². The van der Waals surface area contributed by atoms with Crippen molar-refractivity contribution in [1.29, 1.82) is 5.41 Å². The van der Waals surface area contributed by atoms with E-state index in [-0.39, 0.29) is 47.2 Å².